The van der Waals surface area contributed by atoms with Crippen LogP contribution in [0, 0.1) is 6.42 Å². The maximum absolute atomic E-state index is 6.21. The summed E-state index contributed by atoms with van der Waals surface area (Å²) in [6, 6.07) is 12.3. The highest BCUT2D eigenvalue weighted by Crippen LogP contribution is 2.27. The molecule has 0 saturated carbocycles. The number of rotatable bonds is 1. The van der Waals surface area contributed by atoms with Gasteiger partial charge in [-0.25, -0.2) is 0 Å². The fourth-order valence-corrected chi connectivity index (χ4v) is 1.82. The number of benzene rings is 2. The van der Waals surface area contributed by atoms with Crippen molar-refractivity contribution in [3.63, 3.8) is 0 Å². The van der Waals surface area contributed by atoms with Gasteiger partial charge in [0.2, 0.25) is 0 Å². The van der Waals surface area contributed by atoms with Crippen LogP contribution in [0.2, 0.25) is 5.02 Å². The monoisotopic (exact) mass is 189 g/mol. The standard InChI is InChI=1S/C12H10Cl/c1-2-9-7-8-10-5-3-4-6-11(10)12(9)13/h2-8H,1H3. The summed E-state index contributed by atoms with van der Waals surface area (Å²) in [6.07, 6.45) is 2.02. The second-order valence-electron chi connectivity index (χ2n) is 2.98. The van der Waals surface area contributed by atoms with Crippen LogP contribution in [0.5, 0.6) is 0 Å². The van der Waals surface area contributed by atoms with E-state index in [2.05, 4.69) is 12.1 Å². The van der Waals surface area contributed by atoms with Crippen molar-refractivity contribution in [1.29, 1.82) is 0 Å². The third-order valence-corrected chi connectivity index (χ3v) is 2.63. The second kappa shape index (κ2) is 3.39. The predicted molar refractivity (Wildman–Crippen MR) is 58.0 cm³/mol. The maximum Gasteiger partial charge on any atom is 0.0519 e. The van der Waals surface area contributed by atoms with Crippen molar-refractivity contribution in [2.24, 2.45) is 0 Å². The first-order valence-electron chi connectivity index (χ1n) is 4.29. The molecule has 0 aromatic heterocycles. The average molecular weight is 190 g/mol. The molecule has 2 aromatic carbocycles. The fraction of sp³-hybridized carbons (Fsp3) is 0.0833. The van der Waals surface area contributed by atoms with Crippen molar-refractivity contribution in [3.8, 4) is 0 Å². The van der Waals surface area contributed by atoms with Crippen molar-refractivity contribution in [3.05, 3.63) is 53.4 Å². The van der Waals surface area contributed by atoms with E-state index in [0.29, 0.717) is 0 Å². The SMILES string of the molecule is C[CH]c1ccc2ccccc2c1Cl. The molecule has 0 saturated heterocycles. The first kappa shape index (κ1) is 8.58. The van der Waals surface area contributed by atoms with Crippen molar-refractivity contribution in [2.45, 2.75) is 6.92 Å². The molecule has 0 spiro atoms. The molecule has 0 N–H and O–H groups in total. The van der Waals surface area contributed by atoms with Gasteiger partial charge in [-0.05, 0) is 17.4 Å². The quantitative estimate of drug-likeness (QED) is 0.635. The van der Waals surface area contributed by atoms with Gasteiger partial charge in [0, 0.05) is 5.39 Å². The fourth-order valence-electron chi connectivity index (χ4n) is 1.47. The summed E-state index contributed by atoms with van der Waals surface area (Å²) in [6.45, 7) is 2.00. The van der Waals surface area contributed by atoms with Crippen molar-refractivity contribution < 1.29 is 0 Å². The minimum absolute atomic E-state index is 0.848. The molecule has 0 aliphatic rings. The van der Waals surface area contributed by atoms with Crippen molar-refractivity contribution >= 4 is 22.4 Å². The summed E-state index contributed by atoms with van der Waals surface area (Å²) in [5.74, 6) is 0. The van der Waals surface area contributed by atoms with Gasteiger partial charge in [-0.2, -0.15) is 0 Å². The van der Waals surface area contributed by atoms with E-state index < -0.39 is 0 Å². The minimum Gasteiger partial charge on any atom is -0.0833 e. The molecule has 0 unspecified atom stereocenters. The van der Waals surface area contributed by atoms with E-state index in [1.165, 1.54) is 5.39 Å². The van der Waals surface area contributed by atoms with Crippen molar-refractivity contribution in [2.75, 3.05) is 0 Å². The summed E-state index contributed by atoms with van der Waals surface area (Å²) in [5.41, 5.74) is 1.10. The predicted octanol–water partition coefficient (Wildman–Crippen LogP) is 4.07. The third-order valence-electron chi connectivity index (χ3n) is 2.20. The first-order valence-corrected chi connectivity index (χ1v) is 4.67. The molecular weight excluding hydrogens is 180 g/mol. The molecule has 0 aliphatic heterocycles. The van der Waals surface area contributed by atoms with E-state index in [9.17, 15) is 0 Å². The molecule has 13 heavy (non-hydrogen) atoms. The van der Waals surface area contributed by atoms with Gasteiger partial charge in [0.05, 0.1) is 5.02 Å². The van der Waals surface area contributed by atoms with E-state index >= 15 is 0 Å². The van der Waals surface area contributed by atoms with Crippen LogP contribution in [0.15, 0.2) is 36.4 Å². The Labute approximate surface area is 83.1 Å². The van der Waals surface area contributed by atoms with Crippen LogP contribution in [-0.4, -0.2) is 0 Å². The molecule has 0 amide bonds. The minimum atomic E-state index is 0.848. The number of fused-ring (bicyclic) bond motifs is 1. The highest BCUT2D eigenvalue weighted by molar-refractivity contribution is 6.36. The Balaban J connectivity index is 2.79. The van der Waals surface area contributed by atoms with Gasteiger partial charge in [-0.1, -0.05) is 54.9 Å². The van der Waals surface area contributed by atoms with Gasteiger partial charge in [-0.15, -0.1) is 0 Å². The lowest BCUT2D eigenvalue weighted by Gasteiger charge is -2.04. The molecule has 2 aromatic rings. The Bertz CT molecular complexity index is 432. The lowest BCUT2D eigenvalue weighted by molar-refractivity contribution is 1.44. The van der Waals surface area contributed by atoms with Gasteiger partial charge in [0.15, 0.2) is 0 Å². The smallest absolute Gasteiger partial charge is 0.0519 e. The number of hydrogen-bond acceptors (Lipinski definition) is 0. The number of halogens is 1. The van der Waals surface area contributed by atoms with Crippen LogP contribution in [0.1, 0.15) is 12.5 Å². The van der Waals surface area contributed by atoms with Crippen LogP contribution in [-0.2, 0) is 0 Å². The molecule has 0 bridgehead atoms. The Hall–Kier alpha value is -1.01. The largest absolute Gasteiger partial charge is 0.0833 e. The summed E-state index contributed by atoms with van der Waals surface area (Å²) >= 11 is 6.21. The molecule has 65 valence electrons. The lowest BCUT2D eigenvalue weighted by atomic mass is 10.1. The van der Waals surface area contributed by atoms with E-state index in [-0.39, 0.29) is 0 Å². The molecule has 2 rings (SSSR count). The van der Waals surface area contributed by atoms with E-state index in [0.717, 1.165) is 16.0 Å². The summed E-state index contributed by atoms with van der Waals surface area (Å²) in [7, 11) is 0. The van der Waals surface area contributed by atoms with Crippen LogP contribution in [0.4, 0.5) is 0 Å². The molecule has 0 atom stereocenters. The van der Waals surface area contributed by atoms with E-state index in [1.807, 2.05) is 37.6 Å². The molecule has 0 nitrogen and oxygen atoms in total. The summed E-state index contributed by atoms with van der Waals surface area (Å²) < 4.78 is 0. The molecule has 0 heterocycles. The normalized spacial score (nSPS) is 10.6. The molecular formula is C12H10Cl. The average Bonchev–Trinajstić information content (AvgIpc) is 2.19. The van der Waals surface area contributed by atoms with Crippen LogP contribution in [0.3, 0.4) is 0 Å². The van der Waals surface area contributed by atoms with Crippen molar-refractivity contribution in [1.82, 2.24) is 0 Å². The second-order valence-corrected chi connectivity index (χ2v) is 3.36. The Morgan fingerprint density at radius 1 is 1.08 bits per heavy atom. The van der Waals surface area contributed by atoms with Gasteiger partial charge in [0.25, 0.3) is 0 Å². The topological polar surface area (TPSA) is 0 Å². The first-order chi connectivity index (χ1) is 6.33. The molecule has 1 radical (unpaired) electrons. The van der Waals surface area contributed by atoms with Crippen LogP contribution < -0.4 is 0 Å². The molecule has 0 fully saturated rings. The van der Waals surface area contributed by atoms with Crippen LogP contribution >= 0.6 is 11.6 Å². The highest BCUT2D eigenvalue weighted by Gasteiger charge is 2.02. The maximum atomic E-state index is 6.21. The Morgan fingerprint density at radius 2 is 1.85 bits per heavy atom. The summed E-state index contributed by atoms with van der Waals surface area (Å²) in [5, 5.41) is 3.17. The molecule has 0 aliphatic carbocycles. The lowest BCUT2D eigenvalue weighted by Crippen LogP contribution is -1.81. The number of hydrogen-bond donors (Lipinski definition) is 0. The zero-order valence-electron chi connectivity index (χ0n) is 7.42. The zero-order chi connectivity index (χ0) is 9.26. The van der Waals surface area contributed by atoms with Crippen LogP contribution in [0.25, 0.3) is 10.8 Å². The highest BCUT2D eigenvalue weighted by atomic mass is 35.5. The van der Waals surface area contributed by atoms with Gasteiger partial charge < -0.3 is 0 Å². The Kier molecular flexibility index (Phi) is 2.24. The van der Waals surface area contributed by atoms with Gasteiger partial charge in [0.1, 0.15) is 0 Å². The van der Waals surface area contributed by atoms with Gasteiger partial charge in [-0.3, -0.25) is 0 Å². The third kappa shape index (κ3) is 1.42. The van der Waals surface area contributed by atoms with Gasteiger partial charge >= 0.3 is 0 Å². The molecule has 1 heteroatoms. The van der Waals surface area contributed by atoms with E-state index in [1.54, 1.807) is 0 Å². The zero-order valence-corrected chi connectivity index (χ0v) is 8.18. The Morgan fingerprint density at radius 3 is 2.62 bits per heavy atom. The van der Waals surface area contributed by atoms with E-state index in [4.69, 9.17) is 11.6 Å². The summed E-state index contributed by atoms with van der Waals surface area (Å²) in [4.78, 5) is 0.